The summed E-state index contributed by atoms with van der Waals surface area (Å²) >= 11 is 5.87. The van der Waals surface area contributed by atoms with E-state index in [0.29, 0.717) is 0 Å². The van der Waals surface area contributed by atoms with E-state index in [9.17, 15) is 9.18 Å². The second-order valence-corrected chi connectivity index (χ2v) is 4.22. The molecule has 0 spiro atoms. The van der Waals surface area contributed by atoms with E-state index in [1.54, 1.807) is 0 Å². The number of ether oxygens (including phenoxy) is 1. The molecule has 1 N–H and O–H groups in total. The molecule has 0 unspecified atom stereocenters. The van der Waals surface area contributed by atoms with Crippen LogP contribution in [0, 0.1) is 5.82 Å². The Bertz CT molecular complexity index is 599. The minimum Gasteiger partial charge on any atom is -0.487 e. The highest BCUT2D eigenvalue weighted by atomic mass is 35.5. The van der Waals surface area contributed by atoms with Crippen LogP contribution in [0.5, 0.6) is 5.75 Å². The molecule has 5 heteroatoms. The molecule has 0 amide bonds. The van der Waals surface area contributed by atoms with Crippen molar-refractivity contribution in [1.29, 1.82) is 0 Å². The van der Waals surface area contributed by atoms with Gasteiger partial charge < -0.3 is 9.84 Å². The fourth-order valence-corrected chi connectivity index (χ4v) is 1.80. The number of halogens is 2. The molecule has 0 radical (unpaired) electrons. The van der Waals surface area contributed by atoms with Gasteiger partial charge in [-0.05, 0) is 11.6 Å². The smallest absolute Gasteiger partial charge is 0.337 e. The van der Waals surface area contributed by atoms with Crippen molar-refractivity contribution < 1.29 is 19.0 Å². The zero-order chi connectivity index (χ0) is 13.8. The minimum atomic E-state index is -1.30. The van der Waals surface area contributed by atoms with Gasteiger partial charge in [0, 0.05) is 6.07 Å². The van der Waals surface area contributed by atoms with Crippen LogP contribution < -0.4 is 4.74 Å². The number of carbonyl (C=O) groups is 1. The molecule has 0 saturated heterocycles. The Hall–Kier alpha value is -2.07. The normalized spacial score (nSPS) is 10.2. The number of aromatic carboxylic acids is 1. The van der Waals surface area contributed by atoms with Gasteiger partial charge in [-0.15, -0.1) is 0 Å². The Labute approximate surface area is 114 Å². The van der Waals surface area contributed by atoms with Crippen LogP contribution in [0.15, 0.2) is 42.5 Å². The predicted octanol–water partition coefficient (Wildman–Crippen LogP) is 3.76. The van der Waals surface area contributed by atoms with Crippen LogP contribution >= 0.6 is 11.6 Å². The first kappa shape index (κ1) is 13.4. The number of hydrogen-bond acceptors (Lipinski definition) is 2. The third-order valence-electron chi connectivity index (χ3n) is 2.47. The first-order chi connectivity index (χ1) is 9.08. The highest BCUT2D eigenvalue weighted by Crippen LogP contribution is 2.30. The average molecular weight is 281 g/mol. The molecule has 0 heterocycles. The van der Waals surface area contributed by atoms with E-state index in [1.165, 1.54) is 0 Å². The van der Waals surface area contributed by atoms with Gasteiger partial charge >= 0.3 is 5.97 Å². The van der Waals surface area contributed by atoms with E-state index in [2.05, 4.69) is 0 Å². The molecule has 0 bridgehead atoms. The number of carboxylic acid groups (broad SMARTS) is 1. The molecule has 0 atom stereocenters. The maximum absolute atomic E-state index is 13.3. The van der Waals surface area contributed by atoms with Crippen molar-refractivity contribution in [2.75, 3.05) is 0 Å². The molecule has 98 valence electrons. The topological polar surface area (TPSA) is 46.5 Å². The molecule has 0 saturated carbocycles. The minimum absolute atomic E-state index is 0.0166. The lowest BCUT2D eigenvalue weighted by atomic mass is 10.2. The maximum Gasteiger partial charge on any atom is 0.337 e. The van der Waals surface area contributed by atoms with Crippen LogP contribution in [0.1, 0.15) is 15.9 Å². The van der Waals surface area contributed by atoms with Crippen molar-refractivity contribution in [1.82, 2.24) is 0 Å². The lowest BCUT2D eigenvalue weighted by Crippen LogP contribution is -2.02. The third kappa shape index (κ3) is 3.23. The molecule has 0 aliphatic heterocycles. The van der Waals surface area contributed by atoms with Gasteiger partial charge in [0.25, 0.3) is 0 Å². The first-order valence-electron chi connectivity index (χ1n) is 5.47. The molecule has 0 fully saturated rings. The summed E-state index contributed by atoms with van der Waals surface area (Å²) in [5.41, 5.74) is 0.560. The van der Waals surface area contributed by atoms with Crippen LogP contribution in [0.4, 0.5) is 4.39 Å². The molecule has 2 aromatic carbocycles. The summed E-state index contributed by atoms with van der Waals surface area (Å²) in [5, 5.41) is 8.79. The average Bonchev–Trinajstić information content (AvgIpc) is 2.40. The van der Waals surface area contributed by atoms with Gasteiger partial charge in [0.05, 0.1) is 10.6 Å². The largest absolute Gasteiger partial charge is 0.487 e. The van der Waals surface area contributed by atoms with Crippen molar-refractivity contribution in [3.05, 3.63) is 64.4 Å². The van der Waals surface area contributed by atoms with E-state index >= 15 is 0 Å². The van der Waals surface area contributed by atoms with E-state index in [-0.39, 0.29) is 22.9 Å². The number of carboxylic acids is 1. The Balaban J connectivity index is 2.23. The number of benzene rings is 2. The summed E-state index contributed by atoms with van der Waals surface area (Å²) in [5.74, 6) is -1.98. The second kappa shape index (κ2) is 5.71. The summed E-state index contributed by atoms with van der Waals surface area (Å²) in [6.07, 6.45) is 0. The maximum atomic E-state index is 13.3. The molecule has 2 rings (SSSR count). The van der Waals surface area contributed by atoms with Gasteiger partial charge in [-0.1, -0.05) is 41.9 Å². The van der Waals surface area contributed by atoms with Crippen LogP contribution in [-0.4, -0.2) is 11.1 Å². The Morgan fingerprint density at radius 1 is 1.26 bits per heavy atom. The van der Waals surface area contributed by atoms with Gasteiger partial charge in [0.1, 0.15) is 18.2 Å². The zero-order valence-corrected chi connectivity index (χ0v) is 10.5. The van der Waals surface area contributed by atoms with Crippen molar-refractivity contribution in [3.63, 3.8) is 0 Å². The molecule has 19 heavy (non-hydrogen) atoms. The summed E-state index contributed by atoms with van der Waals surface area (Å²) in [4.78, 5) is 10.9. The highest BCUT2D eigenvalue weighted by molar-refractivity contribution is 6.34. The predicted molar refractivity (Wildman–Crippen MR) is 69.1 cm³/mol. The van der Waals surface area contributed by atoms with Crippen molar-refractivity contribution >= 4 is 17.6 Å². The summed E-state index contributed by atoms with van der Waals surface area (Å²) in [7, 11) is 0. The zero-order valence-electron chi connectivity index (χ0n) is 9.77. The quantitative estimate of drug-likeness (QED) is 0.927. The van der Waals surface area contributed by atoms with E-state index in [4.69, 9.17) is 21.4 Å². The molecule has 0 aliphatic carbocycles. The lowest BCUT2D eigenvalue weighted by Gasteiger charge is -2.10. The van der Waals surface area contributed by atoms with Gasteiger partial charge in [-0.2, -0.15) is 0 Å². The van der Waals surface area contributed by atoms with Crippen molar-refractivity contribution in [3.8, 4) is 5.75 Å². The third-order valence-corrected chi connectivity index (χ3v) is 2.86. The molecule has 3 nitrogen and oxygen atoms in total. The first-order valence-corrected chi connectivity index (χ1v) is 5.85. The molecule has 2 aromatic rings. The number of rotatable bonds is 4. The van der Waals surface area contributed by atoms with Crippen LogP contribution in [-0.2, 0) is 6.61 Å². The van der Waals surface area contributed by atoms with E-state index in [1.807, 2.05) is 30.3 Å². The molecule has 0 aliphatic rings. The van der Waals surface area contributed by atoms with Gasteiger partial charge in [-0.25, -0.2) is 9.18 Å². The lowest BCUT2D eigenvalue weighted by molar-refractivity contribution is 0.0696. The second-order valence-electron chi connectivity index (χ2n) is 3.84. The summed E-state index contributed by atoms with van der Waals surface area (Å²) in [6, 6.07) is 11.2. The van der Waals surface area contributed by atoms with Crippen LogP contribution in [0.3, 0.4) is 0 Å². The Kier molecular flexibility index (Phi) is 4.02. The summed E-state index contributed by atoms with van der Waals surface area (Å²) in [6.45, 7) is 0.184. The highest BCUT2D eigenvalue weighted by Gasteiger charge is 2.16. The van der Waals surface area contributed by atoms with Crippen LogP contribution in [0.25, 0.3) is 0 Å². The van der Waals surface area contributed by atoms with E-state index in [0.717, 1.165) is 17.7 Å². The van der Waals surface area contributed by atoms with Gasteiger partial charge in [0.15, 0.2) is 0 Å². The molecular weight excluding hydrogens is 271 g/mol. The van der Waals surface area contributed by atoms with Gasteiger partial charge in [-0.3, -0.25) is 0 Å². The number of hydrogen-bond donors (Lipinski definition) is 1. The molecular formula is C14H10ClFO3. The summed E-state index contributed by atoms with van der Waals surface area (Å²) < 4.78 is 18.7. The van der Waals surface area contributed by atoms with Gasteiger partial charge in [0.2, 0.25) is 0 Å². The van der Waals surface area contributed by atoms with E-state index < -0.39 is 11.8 Å². The SMILES string of the molecule is O=C(O)c1cc(F)cc(OCc2ccccc2)c1Cl. The van der Waals surface area contributed by atoms with Crippen LogP contribution in [0.2, 0.25) is 5.02 Å². The Morgan fingerprint density at radius 3 is 2.58 bits per heavy atom. The Morgan fingerprint density at radius 2 is 1.95 bits per heavy atom. The van der Waals surface area contributed by atoms with Crippen molar-refractivity contribution in [2.24, 2.45) is 0 Å². The fraction of sp³-hybridized carbons (Fsp3) is 0.0714. The standard InChI is InChI=1S/C14H10ClFO3/c15-13-11(14(17)18)6-10(16)7-12(13)19-8-9-4-2-1-3-5-9/h1-7H,8H2,(H,17,18). The monoisotopic (exact) mass is 280 g/mol. The molecule has 0 aromatic heterocycles. The van der Waals surface area contributed by atoms with Crippen molar-refractivity contribution in [2.45, 2.75) is 6.61 Å². The fourth-order valence-electron chi connectivity index (χ4n) is 1.56.